The van der Waals surface area contributed by atoms with Gasteiger partial charge in [-0.2, -0.15) is 0 Å². The van der Waals surface area contributed by atoms with E-state index in [-0.39, 0.29) is 17.7 Å². The standard InChI is InChI=1S/C28H33N3O3/c1-34-24-15-13-23(14-16-24)29-17-18-30-27(25-7-3-4-8-26(25)32)21-9-11-22(12-10-21)28(33)31-19-5-2-6-20-31/h3-4,7-16,27,29-30,32H,2,5-6,17-20H2,1H3. The van der Waals surface area contributed by atoms with E-state index in [1.165, 1.54) is 6.42 Å². The molecule has 3 aromatic rings. The maximum atomic E-state index is 12.8. The zero-order valence-corrected chi connectivity index (χ0v) is 19.7. The van der Waals surface area contributed by atoms with Crippen molar-refractivity contribution < 1.29 is 14.6 Å². The van der Waals surface area contributed by atoms with Crippen molar-refractivity contribution in [3.8, 4) is 11.5 Å². The molecule has 0 bridgehead atoms. The van der Waals surface area contributed by atoms with E-state index in [4.69, 9.17) is 4.74 Å². The van der Waals surface area contributed by atoms with Crippen LogP contribution in [0.5, 0.6) is 11.5 Å². The topological polar surface area (TPSA) is 73.8 Å². The van der Waals surface area contributed by atoms with Crippen LogP contribution in [0.1, 0.15) is 46.8 Å². The van der Waals surface area contributed by atoms with E-state index in [0.29, 0.717) is 18.7 Å². The average molecular weight is 460 g/mol. The van der Waals surface area contributed by atoms with Crippen molar-refractivity contribution in [3.05, 3.63) is 89.5 Å². The van der Waals surface area contributed by atoms with Crippen molar-refractivity contribution in [1.29, 1.82) is 0 Å². The predicted octanol–water partition coefficient (Wildman–Crippen LogP) is 4.82. The number of ether oxygens (including phenoxy) is 1. The molecule has 1 heterocycles. The number of hydrogen-bond donors (Lipinski definition) is 3. The first-order chi connectivity index (χ1) is 16.7. The van der Waals surface area contributed by atoms with Gasteiger partial charge in [-0.15, -0.1) is 0 Å². The highest BCUT2D eigenvalue weighted by molar-refractivity contribution is 5.94. The number of phenolic OH excluding ortho intramolecular Hbond substituents is 1. The van der Waals surface area contributed by atoms with Crippen LogP contribution in [0, 0.1) is 0 Å². The van der Waals surface area contributed by atoms with E-state index in [2.05, 4.69) is 10.6 Å². The molecule has 1 saturated heterocycles. The summed E-state index contributed by atoms with van der Waals surface area (Å²) in [5.74, 6) is 1.17. The Morgan fingerprint density at radius 2 is 1.65 bits per heavy atom. The molecule has 0 radical (unpaired) electrons. The molecule has 34 heavy (non-hydrogen) atoms. The van der Waals surface area contributed by atoms with Crippen LogP contribution in [0.4, 0.5) is 5.69 Å². The van der Waals surface area contributed by atoms with Crippen LogP contribution in [-0.4, -0.2) is 49.2 Å². The molecule has 6 nitrogen and oxygen atoms in total. The Morgan fingerprint density at radius 1 is 0.941 bits per heavy atom. The number of nitrogens with one attached hydrogen (secondary N) is 2. The molecule has 1 unspecified atom stereocenters. The summed E-state index contributed by atoms with van der Waals surface area (Å²) in [6.07, 6.45) is 3.35. The predicted molar refractivity (Wildman–Crippen MR) is 136 cm³/mol. The van der Waals surface area contributed by atoms with Gasteiger partial charge in [0.1, 0.15) is 11.5 Å². The van der Waals surface area contributed by atoms with Crippen molar-refractivity contribution in [2.45, 2.75) is 25.3 Å². The Kier molecular flexibility index (Phi) is 8.04. The number of rotatable bonds is 9. The van der Waals surface area contributed by atoms with Crippen molar-refractivity contribution in [1.82, 2.24) is 10.2 Å². The Morgan fingerprint density at radius 3 is 2.32 bits per heavy atom. The second-order valence-corrected chi connectivity index (χ2v) is 8.58. The monoisotopic (exact) mass is 459 g/mol. The molecule has 0 aromatic heterocycles. The summed E-state index contributed by atoms with van der Waals surface area (Å²) in [7, 11) is 1.65. The molecule has 1 aliphatic rings. The van der Waals surface area contributed by atoms with Gasteiger partial charge in [-0.05, 0) is 67.3 Å². The maximum Gasteiger partial charge on any atom is 0.253 e. The number of benzene rings is 3. The Bertz CT molecular complexity index is 1060. The lowest BCUT2D eigenvalue weighted by molar-refractivity contribution is 0.0724. The number of carbonyl (C=O) groups excluding carboxylic acids is 1. The first-order valence-corrected chi connectivity index (χ1v) is 11.9. The number of para-hydroxylation sites is 1. The molecule has 0 spiro atoms. The van der Waals surface area contributed by atoms with E-state index in [1.807, 2.05) is 71.6 Å². The lowest BCUT2D eigenvalue weighted by atomic mass is 9.96. The summed E-state index contributed by atoms with van der Waals surface area (Å²) in [6, 6.07) is 22.8. The number of carbonyl (C=O) groups is 1. The van der Waals surface area contributed by atoms with Gasteiger partial charge in [-0.1, -0.05) is 30.3 Å². The van der Waals surface area contributed by atoms with Crippen molar-refractivity contribution >= 4 is 11.6 Å². The number of likely N-dealkylation sites (tertiary alicyclic amines) is 1. The number of phenols is 1. The van der Waals surface area contributed by atoms with E-state index < -0.39 is 0 Å². The zero-order chi connectivity index (χ0) is 23.8. The number of hydrogen-bond acceptors (Lipinski definition) is 5. The summed E-state index contributed by atoms with van der Waals surface area (Å²) >= 11 is 0. The molecule has 6 heteroatoms. The zero-order valence-electron chi connectivity index (χ0n) is 19.7. The summed E-state index contributed by atoms with van der Waals surface area (Å²) in [6.45, 7) is 3.06. The molecular formula is C28H33N3O3. The van der Waals surface area contributed by atoms with Crippen LogP contribution >= 0.6 is 0 Å². The molecule has 4 rings (SSSR count). The second-order valence-electron chi connectivity index (χ2n) is 8.58. The minimum absolute atomic E-state index is 0.0991. The third-order valence-electron chi connectivity index (χ3n) is 6.27. The Hall–Kier alpha value is -3.51. The third-order valence-corrected chi connectivity index (χ3v) is 6.27. The Balaban J connectivity index is 1.44. The summed E-state index contributed by atoms with van der Waals surface area (Å²) in [5.41, 5.74) is 3.54. The molecule has 178 valence electrons. The summed E-state index contributed by atoms with van der Waals surface area (Å²) < 4.78 is 5.21. The second kappa shape index (κ2) is 11.6. The highest BCUT2D eigenvalue weighted by Crippen LogP contribution is 2.29. The Labute approximate surface area is 201 Å². The van der Waals surface area contributed by atoms with Crippen LogP contribution in [0.25, 0.3) is 0 Å². The molecule has 3 aromatic carbocycles. The van der Waals surface area contributed by atoms with Crippen LogP contribution in [0.15, 0.2) is 72.8 Å². The summed E-state index contributed by atoms with van der Waals surface area (Å²) in [4.78, 5) is 14.8. The van der Waals surface area contributed by atoms with Crippen LogP contribution in [0.3, 0.4) is 0 Å². The summed E-state index contributed by atoms with van der Waals surface area (Å²) in [5, 5.41) is 17.5. The van der Waals surface area contributed by atoms with Crippen LogP contribution < -0.4 is 15.4 Å². The molecule has 1 atom stereocenters. The van der Waals surface area contributed by atoms with Crippen molar-refractivity contribution in [2.24, 2.45) is 0 Å². The van der Waals surface area contributed by atoms with E-state index >= 15 is 0 Å². The molecule has 0 saturated carbocycles. The molecule has 1 amide bonds. The third kappa shape index (κ3) is 5.88. The number of nitrogens with zero attached hydrogens (tertiary/aromatic N) is 1. The molecular weight excluding hydrogens is 426 g/mol. The molecule has 1 aliphatic heterocycles. The first kappa shape index (κ1) is 23.6. The molecule has 1 fully saturated rings. The fraction of sp³-hybridized carbons (Fsp3) is 0.321. The highest BCUT2D eigenvalue weighted by atomic mass is 16.5. The lowest BCUT2D eigenvalue weighted by Crippen LogP contribution is -2.35. The van der Waals surface area contributed by atoms with Gasteiger partial charge >= 0.3 is 0 Å². The van der Waals surface area contributed by atoms with Crippen molar-refractivity contribution in [3.63, 3.8) is 0 Å². The van der Waals surface area contributed by atoms with Gasteiger partial charge in [0.25, 0.3) is 5.91 Å². The van der Waals surface area contributed by atoms with E-state index in [9.17, 15) is 9.90 Å². The van der Waals surface area contributed by atoms with Gasteiger partial charge in [0.05, 0.1) is 13.2 Å². The number of amides is 1. The average Bonchev–Trinajstić information content (AvgIpc) is 2.90. The van der Waals surface area contributed by atoms with Gasteiger partial charge in [0, 0.05) is 43.0 Å². The maximum absolute atomic E-state index is 12.8. The van der Waals surface area contributed by atoms with Crippen LogP contribution in [0.2, 0.25) is 0 Å². The van der Waals surface area contributed by atoms with E-state index in [0.717, 1.165) is 48.5 Å². The van der Waals surface area contributed by atoms with Crippen molar-refractivity contribution in [2.75, 3.05) is 38.6 Å². The smallest absolute Gasteiger partial charge is 0.253 e. The number of methoxy groups -OCH3 is 1. The van der Waals surface area contributed by atoms with Gasteiger partial charge in [-0.3, -0.25) is 4.79 Å². The number of aromatic hydroxyl groups is 1. The molecule has 3 N–H and O–H groups in total. The number of anilines is 1. The fourth-order valence-electron chi connectivity index (χ4n) is 4.37. The van der Waals surface area contributed by atoms with Gasteiger partial charge in [0.15, 0.2) is 0 Å². The highest BCUT2D eigenvalue weighted by Gasteiger charge is 2.20. The fourth-order valence-corrected chi connectivity index (χ4v) is 4.37. The quantitative estimate of drug-likeness (QED) is 0.400. The largest absolute Gasteiger partial charge is 0.508 e. The number of piperidine rings is 1. The molecule has 0 aliphatic carbocycles. The minimum Gasteiger partial charge on any atom is -0.508 e. The van der Waals surface area contributed by atoms with Gasteiger partial charge in [0.2, 0.25) is 0 Å². The first-order valence-electron chi connectivity index (χ1n) is 11.9. The van der Waals surface area contributed by atoms with E-state index in [1.54, 1.807) is 13.2 Å². The van der Waals surface area contributed by atoms with Crippen LogP contribution in [-0.2, 0) is 0 Å². The van der Waals surface area contributed by atoms with Gasteiger partial charge < -0.3 is 25.4 Å². The normalized spacial score (nSPS) is 14.4. The minimum atomic E-state index is -0.196. The lowest BCUT2D eigenvalue weighted by Gasteiger charge is -2.27. The SMILES string of the molecule is COc1ccc(NCCNC(c2ccc(C(=O)N3CCCCC3)cc2)c2ccccc2O)cc1. The van der Waals surface area contributed by atoms with Gasteiger partial charge in [-0.25, -0.2) is 0 Å².